The second-order valence-electron chi connectivity index (χ2n) is 8.32. The van der Waals surface area contributed by atoms with E-state index in [2.05, 4.69) is 20.6 Å². The molecule has 35 heavy (non-hydrogen) atoms. The van der Waals surface area contributed by atoms with E-state index < -0.39 is 53.8 Å². The first-order chi connectivity index (χ1) is 16.6. The maximum atomic E-state index is 13.5. The summed E-state index contributed by atoms with van der Waals surface area (Å²) in [6, 6.07) is -4.02. The number of hydrogen-bond acceptors (Lipinski definition) is 8. The van der Waals surface area contributed by atoms with Gasteiger partial charge in [-0.15, -0.1) is 0 Å². The summed E-state index contributed by atoms with van der Waals surface area (Å²) in [5, 5.41) is 14.5. The summed E-state index contributed by atoms with van der Waals surface area (Å²) in [7, 11) is 0. The number of aliphatic carboxylic acids is 1. The van der Waals surface area contributed by atoms with Crippen LogP contribution in [-0.4, -0.2) is 92.3 Å². The van der Waals surface area contributed by atoms with Crippen molar-refractivity contribution in [2.24, 2.45) is 11.5 Å². The number of amides is 4. The van der Waals surface area contributed by atoms with E-state index in [4.69, 9.17) is 11.5 Å². The Morgan fingerprint density at radius 1 is 1.26 bits per heavy atom. The number of aromatic amines is 1. The summed E-state index contributed by atoms with van der Waals surface area (Å²) in [5.74, 6) is -2.91. The number of carbonyl (C=O) groups is 5. The van der Waals surface area contributed by atoms with Gasteiger partial charge in [-0.05, 0) is 37.7 Å². The van der Waals surface area contributed by atoms with Crippen molar-refractivity contribution in [2.75, 3.05) is 18.6 Å². The highest BCUT2D eigenvalue weighted by atomic mass is 32.2. The fourth-order valence-electron chi connectivity index (χ4n) is 3.79. The number of carboxylic acid groups (broad SMARTS) is 1. The first kappa shape index (κ1) is 28.1. The monoisotopic (exact) mass is 511 g/mol. The number of carboxylic acids is 1. The van der Waals surface area contributed by atoms with Crippen molar-refractivity contribution in [2.45, 2.75) is 62.7 Å². The van der Waals surface area contributed by atoms with Crippen LogP contribution in [0.4, 0.5) is 0 Å². The molecule has 0 aromatic carbocycles. The molecule has 0 spiro atoms. The standard InChI is InChI=1S/C21H33N7O6S/c1-35-8-6-13(22)18(30)27-15(9-12-10-24-11-25-12)20(32)28-7-2-3-16(28)19(31)26-14(21(33)34)4-5-17(23)29/h10-11,13-16H,2-9,22H2,1H3,(H2,23,29)(H,24,25)(H,26,31)(H,27,30)(H,33,34). The summed E-state index contributed by atoms with van der Waals surface area (Å²) < 4.78 is 0. The third-order valence-electron chi connectivity index (χ3n) is 5.70. The molecule has 4 unspecified atom stereocenters. The minimum absolute atomic E-state index is 0.112. The molecule has 1 aliphatic rings. The lowest BCUT2D eigenvalue weighted by molar-refractivity contribution is -0.145. The average molecular weight is 512 g/mol. The fourth-order valence-corrected chi connectivity index (χ4v) is 4.28. The molecule has 4 amide bonds. The Balaban J connectivity index is 2.14. The Labute approximate surface area is 207 Å². The van der Waals surface area contributed by atoms with Gasteiger partial charge in [0.25, 0.3) is 0 Å². The molecule has 13 nitrogen and oxygen atoms in total. The minimum atomic E-state index is -1.32. The number of rotatable bonds is 14. The van der Waals surface area contributed by atoms with Crippen LogP contribution in [0.25, 0.3) is 0 Å². The lowest BCUT2D eigenvalue weighted by atomic mass is 10.1. The number of primary amides is 1. The van der Waals surface area contributed by atoms with Gasteiger partial charge in [0.2, 0.25) is 23.6 Å². The first-order valence-electron chi connectivity index (χ1n) is 11.3. The molecule has 4 atom stereocenters. The zero-order chi connectivity index (χ0) is 26.0. The second-order valence-corrected chi connectivity index (χ2v) is 9.31. The van der Waals surface area contributed by atoms with Crippen molar-refractivity contribution in [3.05, 3.63) is 18.2 Å². The maximum absolute atomic E-state index is 13.5. The number of nitrogens with one attached hydrogen (secondary N) is 3. The number of thioether (sulfide) groups is 1. The smallest absolute Gasteiger partial charge is 0.326 e. The molecule has 1 saturated heterocycles. The molecule has 0 aliphatic carbocycles. The summed E-state index contributed by atoms with van der Waals surface area (Å²) in [4.78, 5) is 69.7. The largest absolute Gasteiger partial charge is 0.480 e. The highest BCUT2D eigenvalue weighted by Crippen LogP contribution is 2.20. The van der Waals surface area contributed by atoms with Gasteiger partial charge in [-0.1, -0.05) is 0 Å². The van der Waals surface area contributed by atoms with Gasteiger partial charge in [0, 0.05) is 31.3 Å². The molecule has 1 aliphatic heterocycles. The normalized spacial score (nSPS) is 17.9. The SMILES string of the molecule is CSCCC(N)C(=O)NC(Cc1cnc[nH]1)C(=O)N1CCCC1C(=O)NC(CCC(N)=O)C(=O)O. The van der Waals surface area contributed by atoms with Gasteiger partial charge >= 0.3 is 5.97 Å². The molecule has 194 valence electrons. The second kappa shape index (κ2) is 13.7. The number of hydrogen-bond donors (Lipinski definition) is 6. The van der Waals surface area contributed by atoms with Crippen LogP contribution < -0.4 is 22.1 Å². The predicted molar refractivity (Wildman–Crippen MR) is 128 cm³/mol. The predicted octanol–water partition coefficient (Wildman–Crippen LogP) is -1.66. The van der Waals surface area contributed by atoms with Crippen LogP contribution in [0, 0.1) is 0 Å². The summed E-state index contributed by atoms with van der Waals surface area (Å²) >= 11 is 1.55. The van der Waals surface area contributed by atoms with Crippen molar-refractivity contribution in [1.82, 2.24) is 25.5 Å². The third-order valence-corrected chi connectivity index (χ3v) is 6.34. The topological polar surface area (TPSA) is 214 Å². The van der Waals surface area contributed by atoms with E-state index in [-0.39, 0.29) is 25.8 Å². The van der Waals surface area contributed by atoms with Crippen molar-refractivity contribution < 1.29 is 29.1 Å². The lowest BCUT2D eigenvalue weighted by Crippen LogP contribution is -2.57. The Morgan fingerprint density at radius 2 is 2.00 bits per heavy atom. The van der Waals surface area contributed by atoms with Crippen molar-refractivity contribution in [3.8, 4) is 0 Å². The number of likely N-dealkylation sites (tertiary alicyclic amines) is 1. The number of imidazole rings is 1. The van der Waals surface area contributed by atoms with Crippen LogP contribution in [0.1, 0.15) is 37.8 Å². The van der Waals surface area contributed by atoms with Crippen LogP contribution in [0.2, 0.25) is 0 Å². The van der Waals surface area contributed by atoms with E-state index >= 15 is 0 Å². The molecule has 2 heterocycles. The fraction of sp³-hybridized carbons (Fsp3) is 0.619. The van der Waals surface area contributed by atoms with Gasteiger partial charge in [-0.25, -0.2) is 9.78 Å². The molecule has 1 aromatic heterocycles. The molecule has 1 fully saturated rings. The highest BCUT2D eigenvalue weighted by molar-refractivity contribution is 7.98. The number of carbonyl (C=O) groups excluding carboxylic acids is 4. The van der Waals surface area contributed by atoms with Gasteiger partial charge < -0.3 is 37.1 Å². The van der Waals surface area contributed by atoms with E-state index in [0.29, 0.717) is 30.7 Å². The number of nitrogens with two attached hydrogens (primary N) is 2. The molecule has 0 saturated carbocycles. The summed E-state index contributed by atoms with van der Waals surface area (Å²) in [6.07, 6.45) is 5.92. The molecule has 0 radical (unpaired) electrons. The highest BCUT2D eigenvalue weighted by Gasteiger charge is 2.39. The average Bonchev–Trinajstić information content (AvgIpc) is 3.50. The molecule has 2 rings (SSSR count). The van der Waals surface area contributed by atoms with Crippen molar-refractivity contribution in [1.29, 1.82) is 0 Å². The van der Waals surface area contributed by atoms with E-state index in [1.807, 2.05) is 6.26 Å². The van der Waals surface area contributed by atoms with Crippen molar-refractivity contribution >= 4 is 41.4 Å². The molecule has 14 heteroatoms. The van der Waals surface area contributed by atoms with Crippen LogP contribution in [0.3, 0.4) is 0 Å². The lowest BCUT2D eigenvalue weighted by Gasteiger charge is -2.30. The van der Waals surface area contributed by atoms with Crippen LogP contribution in [-0.2, 0) is 30.4 Å². The van der Waals surface area contributed by atoms with Crippen molar-refractivity contribution in [3.63, 3.8) is 0 Å². The van der Waals surface area contributed by atoms with Gasteiger partial charge in [0.1, 0.15) is 18.1 Å². The Hall–Kier alpha value is -3.13. The third kappa shape index (κ3) is 8.55. The molecule has 0 bridgehead atoms. The summed E-state index contributed by atoms with van der Waals surface area (Å²) in [6.45, 7) is 0.268. The number of H-pyrrole nitrogens is 1. The number of nitrogens with zero attached hydrogens (tertiary/aromatic N) is 2. The van der Waals surface area contributed by atoms with Crippen LogP contribution in [0.5, 0.6) is 0 Å². The van der Waals surface area contributed by atoms with Crippen LogP contribution in [0.15, 0.2) is 12.5 Å². The number of aromatic nitrogens is 2. The zero-order valence-corrected chi connectivity index (χ0v) is 20.4. The maximum Gasteiger partial charge on any atom is 0.326 e. The quantitative estimate of drug-likeness (QED) is 0.168. The molecule has 8 N–H and O–H groups in total. The van der Waals surface area contributed by atoms with E-state index in [1.54, 1.807) is 11.8 Å². The van der Waals surface area contributed by atoms with Crippen LogP contribution >= 0.6 is 11.8 Å². The Bertz CT molecular complexity index is 897. The minimum Gasteiger partial charge on any atom is -0.480 e. The Kier molecular flexibility index (Phi) is 11.0. The summed E-state index contributed by atoms with van der Waals surface area (Å²) in [5.41, 5.74) is 11.7. The molecular weight excluding hydrogens is 478 g/mol. The van der Waals surface area contributed by atoms with Gasteiger partial charge in [-0.3, -0.25) is 19.2 Å². The molecule has 1 aromatic rings. The first-order valence-corrected chi connectivity index (χ1v) is 12.7. The van der Waals surface area contributed by atoms with E-state index in [9.17, 15) is 29.1 Å². The van der Waals surface area contributed by atoms with E-state index in [0.717, 1.165) is 0 Å². The Morgan fingerprint density at radius 3 is 2.60 bits per heavy atom. The van der Waals surface area contributed by atoms with E-state index in [1.165, 1.54) is 17.4 Å². The van der Waals surface area contributed by atoms with Gasteiger partial charge in [-0.2, -0.15) is 11.8 Å². The van der Waals surface area contributed by atoms with Gasteiger partial charge in [0.15, 0.2) is 0 Å². The molecular formula is C21H33N7O6S. The zero-order valence-electron chi connectivity index (χ0n) is 19.6. The van der Waals surface area contributed by atoms with Gasteiger partial charge in [0.05, 0.1) is 12.4 Å².